The summed E-state index contributed by atoms with van der Waals surface area (Å²) < 4.78 is 0. The predicted molar refractivity (Wildman–Crippen MR) is 75.6 cm³/mol. The van der Waals surface area contributed by atoms with Crippen LogP contribution in [0.5, 0.6) is 0 Å². The lowest BCUT2D eigenvalue weighted by molar-refractivity contribution is 1.17. The lowest BCUT2D eigenvalue weighted by Crippen LogP contribution is -1.99. The monoisotopic (exact) mass is 253 g/mol. The Bertz CT molecular complexity index is 745. The number of hydrogen-bond acceptors (Lipinski definition) is 4. The van der Waals surface area contributed by atoms with Gasteiger partial charge in [0.1, 0.15) is 23.6 Å². The van der Waals surface area contributed by atoms with Crippen molar-refractivity contribution in [2.24, 2.45) is 0 Å². The van der Waals surface area contributed by atoms with Crippen LogP contribution in [0.3, 0.4) is 0 Å². The van der Waals surface area contributed by atoms with Gasteiger partial charge in [0, 0.05) is 12.4 Å². The Labute approximate surface area is 111 Å². The summed E-state index contributed by atoms with van der Waals surface area (Å²) >= 11 is 0. The molecular formula is C14H15N5. The predicted octanol–water partition coefficient (Wildman–Crippen LogP) is 3.02. The zero-order valence-corrected chi connectivity index (χ0v) is 11.2. The number of anilines is 2. The second kappa shape index (κ2) is 4.35. The van der Waals surface area contributed by atoms with Gasteiger partial charge in [-0.1, -0.05) is 0 Å². The molecule has 0 aliphatic carbocycles. The van der Waals surface area contributed by atoms with Crippen LogP contribution in [0, 0.1) is 20.8 Å². The van der Waals surface area contributed by atoms with Gasteiger partial charge in [0.25, 0.3) is 0 Å². The lowest BCUT2D eigenvalue weighted by atomic mass is 10.2. The zero-order valence-electron chi connectivity index (χ0n) is 11.2. The Morgan fingerprint density at radius 3 is 2.63 bits per heavy atom. The molecule has 19 heavy (non-hydrogen) atoms. The van der Waals surface area contributed by atoms with E-state index < -0.39 is 0 Å². The number of fused-ring (bicyclic) bond motifs is 1. The van der Waals surface area contributed by atoms with E-state index in [4.69, 9.17) is 0 Å². The molecule has 0 bridgehead atoms. The second-order valence-electron chi connectivity index (χ2n) is 4.70. The van der Waals surface area contributed by atoms with E-state index in [0.29, 0.717) is 0 Å². The first-order valence-corrected chi connectivity index (χ1v) is 6.14. The highest BCUT2D eigenvalue weighted by Gasteiger charge is 2.09. The first-order valence-electron chi connectivity index (χ1n) is 6.14. The molecule has 0 amide bonds. The first kappa shape index (κ1) is 11.6. The van der Waals surface area contributed by atoms with Crippen LogP contribution in [0.25, 0.3) is 11.0 Å². The van der Waals surface area contributed by atoms with E-state index in [1.807, 2.05) is 32.3 Å². The highest BCUT2D eigenvalue weighted by molar-refractivity contribution is 5.91. The molecule has 3 rings (SSSR count). The van der Waals surface area contributed by atoms with E-state index in [1.165, 1.54) is 11.1 Å². The van der Waals surface area contributed by atoms with Gasteiger partial charge < -0.3 is 10.3 Å². The molecule has 0 fully saturated rings. The van der Waals surface area contributed by atoms with Gasteiger partial charge in [0.2, 0.25) is 0 Å². The van der Waals surface area contributed by atoms with Crippen molar-refractivity contribution in [3.63, 3.8) is 0 Å². The van der Waals surface area contributed by atoms with Gasteiger partial charge in [-0.15, -0.1) is 0 Å². The third-order valence-electron chi connectivity index (χ3n) is 3.29. The van der Waals surface area contributed by atoms with Crippen molar-refractivity contribution in [1.82, 2.24) is 19.9 Å². The molecule has 3 aromatic rings. The molecule has 3 aromatic heterocycles. The minimum Gasteiger partial charge on any atom is -0.346 e. The normalized spacial score (nSPS) is 10.9. The summed E-state index contributed by atoms with van der Waals surface area (Å²) in [6, 6.07) is 2.02. The summed E-state index contributed by atoms with van der Waals surface area (Å²) in [5.74, 6) is 1.57. The minimum atomic E-state index is 0.777. The smallest absolute Gasteiger partial charge is 0.144 e. The number of pyridine rings is 1. The van der Waals surface area contributed by atoms with Crippen molar-refractivity contribution in [3.8, 4) is 0 Å². The fourth-order valence-corrected chi connectivity index (χ4v) is 2.03. The average molecular weight is 253 g/mol. The molecule has 3 heterocycles. The van der Waals surface area contributed by atoms with Gasteiger partial charge in [-0.25, -0.2) is 15.0 Å². The summed E-state index contributed by atoms with van der Waals surface area (Å²) in [4.78, 5) is 16.0. The Morgan fingerprint density at radius 1 is 1.00 bits per heavy atom. The highest BCUT2D eigenvalue weighted by atomic mass is 15.1. The number of hydrogen-bond donors (Lipinski definition) is 2. The van der Waals surface area contributed by atoms with Crippen LogP contribution in [-0.2, 0) is 0 Å². The molecule has 5 nitrogen and oxygen atoms in total. The molecule has 0 spiro atoms. The highest BCUT2D eigenvalue weighted by Crippen LogP contribution is 2.25. The molecule has 0 atom stereocenters. The number of aromatic nitrogens is 4. The number of aryl methyl sites for hydroxylation is 3. The third-order valence-corrected chi connectivity index (χ3v) is 3.29. The summed E-state index contributed by atoms with van der Waals surface area (Å²) in [5.41, 5.74) is 4.32. The molecular weight excluding hydrogens is 238 g/mol. The first-order chi connectivity index (χ1) is 9.15. The van der Waals surface area contributed by atoms with Gasteiger partial charge in [-0.05, 0) is 43.5 Å². The quantitative estimate of drug-likeness (QED) is 0.736. The van der Waals surface area contributed by atoms with Crippen molar-refractivity contribution in [2.75, 3.05) is 5.32 Å². The van der Waals surface area contributed by atoms with Gasteiger partial charge in [-0.2, -0.15) is 0 Å². The zero-order chi connectivity index (χ0) is 13.4. The summed E-state index contributed by atoms with van der Waals surface area (Å²) in [6.07, 6.45) is 5.33. The van der Waals surface area contributed by atoms with Gasteiger partial charge in [0.15, 0.2) is 0 Å². The Hall–Kier alpha value is -2.43. The van der Waals surface area contributed by atoms with Crippen LogP contribution in [0.1, 0.15) is 16.7 Å². The number of aromatic amines is 1. The maximum atomic E-state index is 4.37. The van der Waals surface area contributed by atoms with Crippen LogP contribution < -0.4 is 5.32 Å². The van der Waals surface area contributed by atoms with E-state index >= 15 is 0 Å². The summed E-state index contributed by atoms with van der Waals surface area (Å²) in [5, 5.41) is 4.26. The molecule has 96 valence electrons. The van der Waals surface area contributed by atoms with E-state index in [2.05, 4.69) is 32.2 Å². The van der Waals surface area contributed by atoms with Crippen molar-refractivity contribution in [1.29, 1.82) is 0 Å². The summed E-state index contributed by atoms with van der Waals surface area (Å²) in [7, 11) is 0. The lowest BCUT2D eigenvalue weighted by Gasteiger charge is -2.08. The number of rotatable bonds is 2. The fraction of sp³-hybridized carbons (Fsp3) is 0.214. The molecule has 0 saturated heterocycles. The van der Waals surface area contributed by atoms with E-state index in [9.17, 15) is 0 Å². The van der Waals surface area contributed by atoms with Gasteiger partial charge in [-0.3, -0.25) is 0 Å². The van der Waals surface area contributed by atoms with E-state index in [-0.39, 0.29) is 0 Å². The van der Waals surface area contributed by atoms with E-state index in [0.717, 1.165) is 28.2 Å². The van der Waals surface area contributed by atoms with Crippen LogP contribution in [0.2, 0.25) is 0 Å². The van der Waals surface area contributed by atoms with Crippen LogP contribution >= 0.6 is 0 Å². The maximum absolute atomic E-state index is 4.37. The van der Waals surface area contributed by atoms with Crippen molar-refractivity contribution >= 4 is 22.7 Å². The topological polar surface area (TPSA) is 66.5 Å². The second-order valence-corrected chi connectivity index (χ2v) is 4.70. The average Bonchev–Trinajstić information content (AvgIpc) is 2.77. The van der Waals surface area contributed by atoms with Crippen LogP contribution in [0.15, 0.2) is 24.8 Å². The molecule has 2 N–H and O–H groups in total. The Balaban J connectivity index is 2.05. The molecule has 0 radical (unpaired) electrons. The van der Waals surface area contributed by atoms with E-state index in [1.54, 1.807) is 6.33 Å². The maximum Gasteiger partial charge on any atom is 0.144 e. The molecule has 0 aromatic carbocycles. The van der Waals surface area contributed by atoms with Crippen molar-refractivity contribution in [2.45, 2.75) is 20.8 Å². The van der Waals surface area contributed by atoms with Crippen LogP contribution in [0.4, 0.5) is 11.6 Å². The van der Waals surface area contributed by atoms with Crippen molar-refractivity contribution < 1.29 is 0 Å². The molecule has 0 unspecified atom stereocenters. The SMILES string of the molecule is Cc1cnc(Nc2ncnc3[nH]cc(C)c23)cc1C. The third kappa shape index (κ3) is 2.03. The number of H-pyrrole nitrogens is 1. The van der Waals surface area contributed by atoms with Gasteiger partial charge >= 0.3 is 0 Å². The Kier molecular flexibility index (Phi) is 2.67. The van der Waals surface area contributed by atoms with Gasteiger partial charge in [0.05, 0.1) is 5.39 Å². The van der Waals surface area contributed by atoms with Crippen molar-refractivity contribution in [3.05, 3.63) is 41.5 Å². The molecule has 5 heteroatoms. The largest absolute Gasteiger partial charge is 0.346 e. The standard InChI is InChI=1S/C14H15N5/c1-8-4-11(15-5-9(8)2)19-14-12-10(3)6-16-13(12)17-7-18-14/h4-7H,1-3H3,(H2,15,16,17,18,19). The molecule has 0 aliphatic heterocycles. The number of nitrogens with zero attached hydrogens (tertiary/aromatic N) is 3. The summed E-state index contributed by atoms with van der Waals surface area (Å²) in [6.45, 7) is 6.14. The fourth-order valence-electron chi connectivity index (χ4n) is 2.03. The molecule has 0 saturated carbocycles. The minimum absolute atomic E-state index is 0.777. The Morgan fingerprint density at radius 2 is 1.84 bits per heavy atom. The number of nitrogens with one attached hydrogen (secondary N) is 2. The van der Waals surface area contributed by atoms with Crippen LogP contribution in [-0.4, -0.2) is 19.9 Å². The molecule has 0 aliphatic rings.